The molecule has 76 heavy (non-hydrogen) atoms. The molecule has 0 atom stereocenters. The largest absolute Gasteiger partial charge is 0.310 e. The number of para-hydroxylation sites is 2. The number of hydrogen-bond donors (Lipinski definition) is 0. The molecule has 14 rings (SSSR count). The topological polar surface area (TPSA) is 8.17 Å². The van der Waals surface area contributed by atoms with Crippen LogP contribution in [0.1, 0.15) is 0 Å². The van der Waals surface area contributed by atoms with Crippen LogP contribution in [0.4, 0.5) is 17.1 Å². The zero-order chi connectivity index (χ0) is 50.4. The van der Waals surface area contributed by atoms with Crippen molar-refractivity contribution >= 4 is 60.4 Å². The van der Waals surface area contributed by atoms with Crippen molar-refractivity contribution in [2.24, 2.45) is 0 Å². The second-order valence-corrected chi connectivity index (χ2v) is 19.7. The van der Waals surface area contributed by atoms with Gasteiger partial charge in [0.1, 0.15) is 0 Å². The van der Waals surface area contributed by atoms with E-state index >= 15 is 0 Å². The first kappa shape index (κ1) is 44.7. The molecule has 0 unspecified atom stereocenters. The van der Waals surface area contributed by atoms with Gasteiger partial charge in [-0.15, -0.1) is 0 Å². The molecular weight excluding hydrogens is 917 g/mol. The van der Waals surface area contributed by atoms with E-state index in [-0.39, 0.29) is 0 Å². The highest BCUT2D eigenvalue weighted by atomic mass is 15.1. The minimum absolute atomic E-state index is 1.07. The minimum Gasteiger partial charge on any atom is -0.310 e. The summed E-state index contributed by atoms with van der Waals surface area (Å²) in [6, 6.07) is 111. The van der Waals surface area contributed by atoms with E-state index in [2.05, 4.69) is 313 Å². The van der Waals surface area contributed by atoms with E-state index in [1.54, 1.807) is 0 Å². The Labute approximate surface area is 443 Å². The molecule has 0 bridgehead atoms. The van der Waals surface area contributed by atoms with Gasteiger partial charge >= 0.3 is 0 Å². The zero-order valence-corrected chi connectivity index (χ0v) is 41.8. The summed E-state index contributed by atoms with van der Waals surface area (Å²) >= 11 is 0. The predicted molar refractivity (Wildman–Crippen MR) is 323 cm³/mol. The van der Waals surface area contributed by atoms with Gasteiger partial charge in [-0.2, -0.15) is 0 Å². The molecule has 0 spiro atoms. The van der Waals surface area contributed by atoms with Crippen LogP contribution in [0.15, 0.2) is 303 Å². The third-order valence-electron chi connectivity index (χ3n) is 15.2. The first-order chi connectivity index (χ1) is 37.7. The first-order valence-electron chi connectivity index (χ1n) is 26.1. The number of nitrogens with zero attached hydrogens (tertiary/aromatic N) is 2. The molecule has 2 heteroatoms. The highest BCUT2D eigenvalue weighted by molar-refractivity contribution is 6.17. The highest BCUT2D eigenvalue weighted by Crippen LogP contribution is 2.45. The molecule has 0 N–H and O–H groups in total. The average Bonchev–Trinajstić information content (AvgIpc) is 3.84. The lowest BCUT2D eigenvalue weighted by Crippen LogP contribution is -2.10. The van der Waals surface area contributed by atoms with Gasteiger partial charge < -0.3 is 9.47 Å². The van der Waals surface area contributed by atoms with Gasteiger partial charge in [0.15, 0.2) is 0 Å². The molecule has 0 saturated carbocycles. The van der Waals surface area contributed by atoms with Crippen molar-refractivity contribution in [2.45, 2.75) is 0 Å². The normalized spacial score (nSPS) is 11.4. The fraction of sp³-hybridized carbons (Fsp3) is 0. The second kappa shape index (κ2) is 19.1. The van der Waals surface area contributed by atoms with Gasteiger partial charge in [-0.1, -0.05) is 237 Å². The first-order valence-corrected chi connectivity index (χ1v) is 26.1. The molecule has 0 aliphatic heterocycles. The molecule has 0 amide bonds. The Balaban J connectivity index is 0.877. The smallest absolute Gasteiger partial charge is 0.0553 e. The molecule has 0 aliphatic carbocycles. The van der Waals surface area contributed by atoms with E-state index in [4.69, 9.17) is 0 Å². The summed E-state index contributed by atoms with van der Waals surface area (Å²) in [4.78, 5) is 2.40. The third kappa shape index (κ3) is 8.10. The maximum atomic E-state index is 2.42. The Bertz CT molecular complexity index is 4220. The van der Waals surface area contributed by atoms with Crippen LogP contribution in [-0.2, 0) is 0 Å². The molecular formula is C74H50N2. The molecule has 1 aromatic heterocycles. The van der Waals surface area contributed by atoms with E-state index in [9.17, 15) is 0 Å². The van der Waals surface area contributed by atoms with Crippen LogP contribution in [0.5, 0.6) is 0 Å². The fourth-order valence-electron chi connectivity index (χ4n) is 11.5. The maximum Gasteiger partial charge on any atom is 0.0553 e. The lowest BCUT2D eigenvalue weighted by atomic mass is 9.94. The second-order valence-electron chi connectivity index (χ2n) is 19.7. The van der Waals surface area contributed by atoms with E-state index < -0.39 is 0 Å². The van der Waals surface area contributed by atoms with Gasteiger partial charge in [0, 0.05) is 33.5 Å². The van der Waals surface area contributed by atoms with Crippen LogP contribution in [0.3, 0.4) is 0 Å². The lowest BCUT2D eigenvalue weighted by molar-refractivity contribution is 1.18. The summed E-state index contributed by atoms with van der Waals surface area (Å²) in [5.41, 5.74) is 21.0. The van der Waals surface area contributed by atoms with Crippen molar-refractivity contribution in [1.29, 1.82) is 0 Å². The average molecular weight is 967 g/mol. The summed E-state index contributed by atoms with van der Waals surface area (Å²) in [7, 11) is 0. The van der Waals surface area contributed by atoms with Crippen LogP contribution in [0.25, 0.3) is 116 Å². The van der Waals surface area contributed by atoms with E-state index in [0.29, 0.717) is 0 Å². The van der Waals surface area contributed by atoms with Crippen molar-refractivity contribution in [2.75, 3.05) is 4.90 Å². The monoisotopic (exact) mass is 966 g/mol. The third-order valence-corrected chi connectivity index (χ3v) is 15.2. The summed E-state index contributed by atoms with van der Waals surface area (Å²) < 4.78 is 2.42. The molecule has 0 radical (unpaired) electrons. The molecule has 0 aliphatic rings. The molecule has 1 heterocycles. The van der Waals surface area contributed by atoms with Crippen LogP contribution in [0, 0.1) is 0 Å². The van der Waals surface area contributed by atoms with Gasteiger partial charge in [0.25, 0.3) is 0 Å². The van der Waals surface area contributed by atoms with Crippen LogP contribution in [-0.4, -0.2) is 4.57 Å². The Morgan fingerprint density at radius 3 is 1.21 bits per heavy atom. The van der Waals surface area contributed by atoms with Gasteiger partial charge in [-0.3, -0.25) is 0 Å². The maximum absolute atomic E-state index is 2.42. The Morgan fingerprint density at radius 2 is 0.645 bits per heavy atom. The number of hydrogen-bond acceptors (Lipinski definition) is 1. The van der Waals surface area contributed by atoms with Gasteiger partial charge in [-0.25, -0.2) is 0 Å². The number of anilines is 3. The summed E-state index contributed by atoms with van der Waals surface area (Å²) in [6.45, 7) is 0. The fourth-order valence-corrected chi connectivity index (χ4v) is 11.5. The summed E-state index contributed by atoms with van der Waals surface area (Å²) in [5, 5.41) is 7.48. The number of benzene rings is 13. The summed E-state index contributed by atoms with van der Waals surface area (Å²) in [5.74, 6) is 0. The van der Waals surface area contributed by atoms with Gasteiger partial charge in [0.05, 0.1) is 11.0 Å². The van der Waals surface area contributed by atoms with Crippen molar-refractivity contribution in [1.82, 2.24) is 4.57 Å². The molecule has 2 nitrogen and oxygen atoms in total. The number of fused-ring (bicyclic) bond motifs is 5. The molecule has 0 saturated heterocycles. The summed E-state index contributed by atoms with van der Waals surface area (Å²) in [6.07, 6.45) is 0. The van der Waals surface area contributed by atoms with Crippen LogP contribution >= 0.6 is 0 Å². The molecule has 356 valence electrons. The number of aromatic nitrogens is 1. The Morgan fingerprint density at radius 1 is 0.224 bits per heavy atom. The van der Waals surface area contributed by atoms with Crippen molar-refractivity contribution < 1.29 is 0 Å². The lowest BCUT2D eigenvalue weighted by Gasteiger charge is -2.26. The van der Waals surface area contributed by atoms with Gasteiger partial charge in [-0.05, 0) is 155 Å². The molecule has 13 aromatic carbocycles. The predicted octanol–water partition coefficient (Wildman–Crippen LogP) is 20.6. The molecule has 0 fully saturated rings. The quantitative estimate of drug-likeness (QED) is 0.133. The standard InChI is InChI=1S/C74H50N2/c1-3-16-51(17-4-1)61-49-71(74-70-28-11-12-31-72(70)76(73(74)50-61)62-23-5-2-6-24-62)60-22-13-25-65(48-60)75(63-44-40-54(41-45-63)52-32-36-58(37-33-52)68-29-14-20-56-18-7-9-26-66(56)68)64-46-42-55(43-47-64)53-34-38-59(39-35-53)69-30-15-21-57-19-8-10-27-67(57)69/h1-50H. The van der Waals surface area contributed by atoms with Gasteiger partial charge in [0.2, 0.25) is 0 Å². The van der Waals surface area contributed by atoms with Crippen molar-refractivity contribution in [3.05, 3.63) is 303 Å². The highest BCUT2D eigenvalue weighted by Gasteiger charge is 2.21. The SMILES string of the molecule is c1ccc(-c2cc(-c3cccc(N(c4ccc(-c5ccc(-c6cccc7ccccc67)cc5)cc4)c4ccc(-c5ccc(-c6cccc7ccccc67)cc5)cc4)c3)c3c4ccccc4n(-c4ccccc4)c3c2)cc1. The van der Waals surface area contributed by atoms with Crippen molar-refractivity contribution in [3.63, 3.8) is 0 Å². The Hall–Kier alpha value is -10.0. The van der Waals surface area contributed by atoms with E-state index in [0.717, 1.165) is 28.3 Å². The van der Waals surface area contributed by atoms with E-state index in [1.807, 2.05) is 0 Å². The minimum atomic E-state index is 1.07. The molecule has 14 aromatic rings. The van der Waals surface area contributed by atoms with E-state index in [1.165, 1.54) is 105 Å². The van der Waals surface area contributed by atoms with Crippen LogP contribution < -0.4 is 4.90 Å². The van der Waals surface area contributed by atoms with Crippen LogP contribution in [0.2, 0.25) is 0 Å². The Kier molecular flexibility index (Phi) is 11.2. The van der Waals surface area contributed by atoms with Crippen molar-refractivity contribution in [3.8, 4) is 72.4 Å². The zero-order valence-electron chi connectivity index (χ0n) is 41.8. The number of rotatable bonds is 10.